The van der Waals surface area contributed by atoms with Crippen molar-refractivity contribution in [2.24, 2.45) is 0 Å². The molecule has 1 aromatic heterocycles. The van der Waals surface area contributed by atoms with Gasteiger partial charge in [-0.2, -0.15) is 0 Å². The van der Waals surface area contributed by atoms with Gasteiger partial charge in [-0.15, -0.1) is 0 Å². The zero-order chi connectivity index (χ0) is 5.98. The SMILES string of the molecule is O[n+]1ccccc1[S-].[Pt]. The molecule has 0 radical (unpaired) electrons. The van der Waals surface area contributed by atoms with Gasteiger partial charge in [0.15, 0.2) is 0 Å². The maximum absolute atomic E-state index is 8.73. The molecule has 0 spiro atoms. The average Bonchev–Trinajstić information content (AvgIpc) is 1.77. The summed E-state index contributed by atoms with van der Waals surface area (Å²) in [5, 5.41) is 9.16. The van der Waals surface area contributed by atoms with E-state index in [4.69, 9.17) is 5.21 Å². The summed E-state index contributed by atoms with van der Waals surface area (Å²) in [5.74, 6) is 0. The maximum atomic E-state index is 8.73. The molecule has 0 fully saturated rings. The van der Waals surface area contributed by atoms with E-state index in [0.29, 0.717) is 5.03 Å². The minimum atomic E-state index is 0. The van der Waals surface area contributed by atoms with Gasteiger partial charge in [-0.25, -0.2) is 0 Å². The molecule has 0 saturated heterocycles. The summed E-state index contributed by atoms with van der Waals surface area (Å²) in [4.78, 5) is 0. The molecule has 0 aliphatic rings. The molecule has 0 aliphatic carbocycles. The zero-order valence-electron chi connectivity index (χ0n) is 4.43. The fourth-order valence-electron chi connectivity index (χ4n) is 0.419. The first kappa shape index (κ1) is 8.86. The molecule has 2 nitrogen and oxygen atoms in total. The second-order valence-corrected chi connectivity index (χ2v) is 1.80. The predicted molar refractivity (Wildman–Crippen MR) is 29.5 cm³/mol. The van der Waals surface area contributed by atoms with Crippen LogP contribution in [0.1, 0.15) is 0 Å². The smallest absolute Gasteiger partial charge is 0.220 e. The summed E-state index contributed by atoms with van der Waals surface area (Å²) in [6.07, 6.45) is 1.49. The number of rotatable bonds is 0. The Kier molecular flexibility index (Phi) is 3.74. The van der Waals surface area contributed by atoms with Crippen LogP contribution in [-0.2, 0) is 33.7 Å². The number of aromatic nitrogens is 1. The molecule has 0 unspecified atom stereocenters. The standard InChI is InChI=1S/C5H5NOS.Pt/c7-6-4-2-1-3-5(6)8;/h1-4,7H;. The molecule has 0 atom stereocenters. The Labute approximate surface area is 73.2 Å². The minimum absolute atomic E-state index is 0. The van der Waals surface area contributed by atoms with E-state index in [2.05, 4.69) is 12.6 Å². The van der Waals surface area contributed by atoms with Gasteiger partial charge >= 0.3 is 0 Å². The minimum Gasteiger partial charge on any atom is -0.705 e. The Hall–Kier alpha value is -0.142. The van der Waals surface area contributed by atoms with Crippen molar-refractivity contribution < 1.29 is 31.0 Å². The van der Waals surface area contributed by atoms with E-state index in [1.165, 1.54) is 6.20 Å². The van der Waals surface area contributed by atoms with Gasteiger partial charge in [-0.3, -0.25) is 5.21 Å². The van der Waals surface area contributed by atoms with Crippen LogP contribution in [0.25, 0.3) is 0 Å². The molecule has 52 valence electrons. The van der Waals surface area contributed by atoms with Crippen molar-refractivity contribution in [2.75, 3.05) is 0 Å². The van der Waals surface area contributed by atoms with E-state index in [1.54, 1.807) is 18.2 Å². The summed E-state index contributed by atoms with van der Waals surface area (Å²) >= 11 is 4.67. The van der Waals surface area contributed by atoms with Crippen LogP contribution in [0.5, 0.6) is 0 Å². The second-order valence-electron chi connectivity index (χ2n) is 1.38. The molecule has 1 heterocycles. The van der Waals surface area contributed by atoms with E-state index >= 15 is 0 Å². The van der Waals surface area contributed by atoms with Gasteiger partial charge in [-0.05, 0) is 10.8 Å². The number of hydrogen-bond donors (Lipinski definition) is 1. The van der Waals surface area contributed by atoms with Gasteiger partial charge in [0.1, 0.15) is 5.03 Å². The van der Waals surface area contributed by atoms with Crippen molar-refractivity contribution in [3.05, 3.63) is 24.4 Å². The second kappa shape index (κ2) is 3.80. The van der Waals surface area contributed by atoms with Gasteiger partial charge in [0.2, 0.25) is 6.20 Å². The molecule has 1 rings (SSSR count). The molecule has 0 saturated carbocycles. The molecule has 0 bridgehead atoms. The Bertz CT molecular complexity index is 173. The van der Waals surface area contributed by atoms with Crippen molar-refractivity contribution in [1.29, 1.82) is 0 Å². The quantitative estimate of drug-likeness (QED) is 0.417. The van der Waals surface area contributed by atoms with Crippen LogP contribution in [0.15, 0.2) is 29.4 Å². The van der Waals surface area contributed by atoms with Crippen LogP contribution < -0.4 is 4.73 Å². The third-order valence-corrected chi connectivity index (χ3v) is 1.13. The van der Waals surface area contributed by atoms with Crippen LogP contribution in [0, 0.1) is 0 Å². The van der Waals surface area contributed by atoms with Crippen LogP contribution >= 0.6 is 0 Å². The molecule has 1 N–H and O–H groups in total. The molecule has 0 aromatic carbocycles. The molecular weight excluding hydrogens is 317 g/mol. The Balaban J connectivity index is 0.000000640. The van der Waals surface area contributed by atoms with Crippen LogP contribution in [0.2, 0.25) is 0 Å². The number of hydrogen-bond acceptors (Lipinski definition) is 2. The fourth-order valence-corrected chi connectivity index (χ4v) is 0.558. The van der Waals surface area contributed by atoms with E-state index in [9.17, 15) is 0 Å². The van der Waals surface area contributed by atoms with E-state index in [-0.39, 0.29) is 21.1 Å². The molecule has 0 amide bonds. The summed E-state index contributed by atoms with van der Waals surface area (Å²) in [6, 6.07) is 5.13. The molecule has 4 heteroatoms. The fraction of sp³-hybridized carbons (Fsp3) is 0. The maximum Gasteiger partial charge on any atom is 0.220 e. The van der Waals surface area contributed by atoms with Gasteiger partial charge in [0, 0.05) is 27.1 Å². The average molecular weight is 322 g/mol. The van der Waals surface area contributed by atoms with Gasteiger partial charge in [-0.1, -0.05) is 6.07 Å². The first-order chi connectivity index (χ1) is 3.80. The van der Waals surface area contributed by atoms with Gasteiger partial charge in [0.25, 0.3) is 0 Å². The predicted octanol–water partition coefficient (Wildman–Crippen LogP) is 0.115. The molecule has 0 aliphatic heterocycles. The third-order valence-electron chi connectivity index (χ3n) is 0.803. The van der Waals surface area contributed by atoms with Crippen molar-refractivity contribution in [3.63, 3.8) is 0 Å². The van der Waals surface area contributed by atoms with Crippen LogP contribution in [-0.4, -0.2) is 5.21 Å². The van der Waals surface area contributed by atoms with Crippen LogP contribution in [0.4, 0.5) is 0 Å². The van der Waals surface area contributed by atoms with Crippen molar-refractivity contribution >= 4 is 12.6 Å². The Morgan fingerprint density at radius 3 is 2.44 bits per heavy atom. The van der Waals surface area contributed by atoms with E-state index < -0.39 is 0 Å². The summed E-state index contributed by atoms with van der Waals surface area (Å²) in [5.41, 5.74) is 0. The molecule has 1 aromatic rings. The summed E-state index contributed by atoms with van der Waals surface area (Å²) in [6.45, 7) is 0. The van der Waals surface area contributed by atoms with Crippen molar-refractivity contribution in [1.82, 2.24) is 0 Å². The number of pyridine rings is 1. The first-order valence-electron chi connectivity index (χ1n) is 2.17. The zero-order valence-corrected chi connectivity index (χ0v) is 7.52. The normalized spacial score (nSPS) is 8.00. The first-order valence-corrected chi connectivity index (χ1v) is 2.58. The monoisotopic (exact) mass is 322 g/mol. The topological polar surface area (TPSA) is 24.1 Å². The van der Waals surface area contributed by atoms with Crippen LogP contribution in [0.3, 0.4) is 0 Å². The third kappa shape index (κ3) is 2.29. The largest absolute Gasteiger partial charge is 0.705 e. The van der Waals surface area contributed by atoms with Crippen molar-refractivity contribution in [3.8, 4) is 0 Å². The van der Waals surface area contributed by atoms with Gasteiger partial charge in [0.05, 0.1) is 0 Å². The Morgan fingerprint density at radius 1 is 1.44 bits per heavy atom. The van der Waals surface area contributed by atoms with E-state index in [1.807, 2.05) is 0 Å². The molecular formula is C5H5NOPtS. The Morgan fingerprint density at radius 2 is 2.11 bits per heavy atom. The van der Waals surface area contributed by atoms with Gasteiger partial charge < -0.3 is 12.6 Å². The number of nitrogens with zero attached hydrogens (tertiary/aromatic N) is 1. The summed E-state index contributed by atoms with van der Waals surface area (Å²) in [7, 11) is 0. The van der Waals surface area contributed by atoms with E-state index in [0.717, 1.165) is 4.73 Å². The summed E-state index contributed by atoms with van der Waals surface area (Å²) < 4.78 is 0.898. The molecule has 9 heavy (non-hydrogen) atoms. The van der Waals surface area contributed by atoms with Crippen molar-refractivity contribution in [2.45, 2.75) is 5.03 Å².